The minimum atomic E-state index is -0.00958. The smallest absolute Gasteiger partial charge is 0.251 e. The molecule has 98 valence electrons. The number of anilines is 1. The van der Waals surface area contributed by atoms with Crippen molar-refractivity contribution in [3.8, 4) is 0 Å². The third-order valence-electron chi connectivity index (χ3n) is 3.25. The van der Waals surface area contributed by atoms with Crippen LogP contribution in [0.2, 0.25) is 0 Å². The van der Waals surface area contributed by atoms with Crippen molar-refractivity contribution < 1.29 is 4.79 Å². The van der Waals surface area contributed by atoms with Gasteiger partial charge < -0.3 is 15.5 Å². The van der Waals surface area contributed by atoms with Crippen LogP contribution in [-0.2, 0) is 0 Å². The molecule has 1 amide bonds. The number of hydrogen-bond acceptors (Lipinski definition) is 3. The highest BCUT2D eigenvalue weighted by Crippen LogP contribution is 2.15. The van der Waals surface area contributed by atoms with Crippen LogP contribution in [0.4, 0.5) is 5.69 Å². The molecular weight excluding hydrogens is 226 g/mol. The lowest BCUT2D eigenvalue weighted by Crippen LogP contribution is -2.24. The number of nitrogens with one attached hydrogen (secondary N) is 2. The van der Waals surface area contributed by atoms with E-state index in [1.165, 1.54) is 6.42 Å². The summed E-state index contributed by atoms with van der Waals surface area (Å²) >= 11 is 0. The van der Waals surface area contributed by atoms with Crippen LogP contribution < -0.4 is 10.6 Å². The SMILES string of the molecule is CCNC(=O)c1ccc(NC2CCN(C)C2)cc1. The second-order valence-electron chi connectivity index (χ2n) is 4.83. The van der Waals surface area contributed by atoms with Gasteiger partial charge in [0.1, 0.15) is 0 Å². The normalized spacial score (nSPS) is 19.8. The first-order valence-corrected chi connectivity index (χ1v) is 6.52. The van der Waals surface area contributed by atoms with Gasteiger partial charge in [0.25, 0.3) is 5.91 Å². The van der Waals surface area contributed by atoms with Gasteiger partial charge in [0, 0.05) is 30.4 Å². The van der Waals surface area contributed by atoms with Gasteiger partial charge in [0.2, 0.25) is 0 Å². The number of benzene rings is 1. The maximum absolute atomic E-state index is 11.6. The molecule has 0 bridgehead atoms. The molecule has 0 aliphatic carbocycles. The van der Waals surface area contributed by atoms with Crippen molar-refractivity contribution in [1.82, 2.24) is 10.2 Å². The molecule has 1 atom stereocenters. The van der Waals surface area contributed by atoms with Crippen LogP contribution in [0, 0.1) is 0 Å². The fourth-order valence-corrected chi connectivity index (χ4v) is 2.27. The zero-order valence-electron chi connectivity index (χ0n) is 11.1. The van der Waals surface area contributed by atoms with Crippen LogP contribution in [0.5, 0.6) is 0 Å². The van der Waals surface area contributed by atoms with E-state index in [0.29, 0.717) is 18.2 Å². The summed E-state index contributed by atoms with van der Waals surface area (Å²) in [5.74, 6) is -0.00958. The molecule has 1 aromatic carbocycles. The lowest BCUT2D eigenvalue weighted by molar-refractivity contribution is 0.0956. The average molecular weight is 247 g/mol. The molecule has 2 N–H and O–H groups in total. The van der Waals surface area contributed by atoms with Crippen LogP contribution in [-0.4, -0.2) is 43.5 Å². The van der Waals surface area contributed by atoms with E-state index in [2.05, 4.69) is 22.6 Å². The third kappa shape index (κ3) is 3.23. The molecular formula is C14H21N3O. The highest BCUT2D eigenvalue weighted by atomic mass is 16.1. The van der Waals surface area contributed by atoms with E-state index in [4.69, 9.17) is 0 Å². The molecule has 0 radical (unpaired) electrons. The minimum Gasteiger partial charge on any atom is -0.381 e. The average Bonchev–Trinajstić information content (AvgIpc) is 2.76. The minimum absolute atomic E-state index is 0.00958. The lowest BCUT2D eigenvalue weighted by Gasteiger charge is -2.14. The maximum Gasteiger partial charge on any atom is 0.251 e. The summed E-state index contributed by atoms with van der Waals surface area (Å²) in [5.41, 5.74) is 1.80. The Bertz CT molecular complexity index is 402. The highest BCUT2D eigenvalue weighted by Gasteiger charge is 2.18. The van der Waals surface area contributed by atoms with Crippen molar-refractivity contribution in [2.24, 2.45) is 0 Å². The van der Waals surface area contributed by atoms with Gasteiger partial charge in [-0.15, -0.1) is 0 Å². The molecule has 0 saturated carbocycles. The molecule has 4 heteroatoms. The number of likely N-dealkylation sites (N-methyl/N-ethyl adjacent to an activating group) is 1. The topological polar surface area (TPSA) is 44.4 Å². The fourth-order valence-electron chi connectivity index (χ4n) is 2.27. The Balaban J connectivity index is 1.93. The van der Waals surface area contributed by atoms with E-state index < -0.39 is 0 Å². The number of carbonyl (C=O) groups excluding carboxylic acids is 1. The first-order chi connectivity index (χ1) is 8.69. The van der Waals surface area contributed by atoms with Crippen molar-refractivity contribution >= 4 is 11.6 Å². The van der Waals surface area contributed by atoms with E-state index >= 15 is 0 Å². The van der Waals surface area contributed by atoms with Gasteiger partial charge in [0.15, 0.2) is 0 Å². The van der Waals surface area contributed by atoms with E-state index in [0.717, 1.165) is 18.8 Å². The molecule has 18 heavy (non-hydrogen) atoms. The Morgan fingerprint density at radius 2 is 2.11 bits per heavy atom. The second-order valence-corrected chi connectivity index (χ2v) is 4.83. The predicted molar refractivity (Wildman–Crippen MR) is 74.0 cm³/mol. The van der Waals surface area contributed by atoms with E-state index in [-0.39, 0.29) is 5.91 Å². The predicted octanol–water partition coefficient (Wildman–Crippen LogP) is 1.55. The molecule has 0 aromatic heterocycles. The van der Waals surface area contributed by atoms with Gasteiger partial charge in [-0.1, -0.05) is 0 Å². The number of carbonyl (C=O) groups is 1. The number of hydrogen-bond donors (Lipinski definition) is 2. The molecule has 1 unspecified atom stereocenters. The van der Waals surface area contributed by atoms with Crippen molar-refractivity contribution in [3.05, 3.63) is 29.8 Å². The number of likely N-dealkylation sites (tertiary alicyclic amines) is 1. The van der Waals surface area contributed by atoms with Gasteiger partial charge in [0.05, 0.1) is 0 Å². The molecule has 0 spiro atoms. The quantitative estimate of drug-likeness (QED) is 0.848. The fraction of sp³-hybridized carbons (Fsp3) is 0.500. The van der Waals surface area contributed by atoms with Crippen LogP contribution in [0.3, 0.4) is 0 Å². The molecule has 2 rings (SSSR count). The summed E-state index contributed by atoms with van der Waals surface area (Å²) in [7, 11) is 2.14. The van der Waals surface area contributed by atoms with E-state index in [9.17, 15) is 4.79 Å². The van der Waals surface area contributed by atoms with Crippen molar-refractivity contribution in [2.75, 3.05) is 32.0 Å². The van der Waals surface area contributed by atoms with Gasteiger partial charge in [-0.05, 0) is 51.2 Å². The van der Waals surface area contributed by atoms with Crippen molar-refractivity contribution in [3.63, 3.8) is 0 Å². The van der Waals surface area contributed by atoms with E-state index in [1.54, 1.807) is 0 Å². The Morgan fingerprint density at radius 3 is 2.67 bits per heavy atom. The van der Waals surface area contributed by atoms with Crippen molar-refractivity contribution in [2.45, 2.75) is 19.4 Å². The summed E-state index contributed by atoms with van der Waals surface area (Å²) < 4.78 is 0. The van der Waals surface area contributed by atoms with Crippen molar-refractivity contribution in [1.29, 1.82) is 0 Å². The molecule has 1 heterocycles. The molecule has 1 aliphatic rings. The van der Waals surface area contributed by atoms with Crippen LogP contribution in [0.1, 0.15) is 23.7 Å². The summed E-state index contributed by atoms with van der Waals surface area (Å²) in [6.07, 6.45) is 1.18. The van der Waals surface area contributed by atoms with Gasteiger partial charge in [-0.2, -0.15) is 0 Å². The highest BCUT2D eigenvalue weighted by molar-refractivity contribution is 5.94. The first kappa shape index (κ1) is 12.9. The van der Waals surface area contributed by atoms with Gasteiger partial charge >= 0.3 is 0 Å². The van der Waals surface area contributed by atoms with Gasteiger partial charge in [-0.3, -0.25) is 4.79 Å². The summed E-state index contributed by atoms with van der Waals surface area (Å²) in [6, 6.07) is 8.20. The lowest BCUT2D eigenvalue weighted by atomic mass is 10.1. The Labute approximate surface area is 108 Å². The summed E-state index contributed by atoms with van der Waals surface area (Å²) in [4.78, 5) is 13.9. The zero-order valence-corrected chi connectivity index (χ0v) is 11.1. The Morgan fingerprint density at radius 1 is 1.39 bits per heavy atom. The Kier molecular flexibility index (Phi) is 4.20. The summed E-state index contributed by atoms with van der Waals surface area (Å²) in [5, 5.41) is 6.29. The van der Waals surface area contributed by atoms with E-state index in [1.807, 2.05) is 31.2 Å². The largest absolute Gasteiger partial charge is 0.381 e. The van der Waals surface area contributed by atoms with Crippen LogP contribution in [0.15, 0.2) is 24.3 Å². The standard InChI is InChI=1S/C14H21N3O/c1-3-15-14(18)11-4-6-12(7-5-11)16-13-8-9-17(2)10-13/h4-7,13,16H,3,8-10H2,1-2H3,(H,15,18). The number of rotatable bonds is 4. The maximum atomic E-state index is 11.6. The third-order valence-corrected chi connectivity index (χ3v) is 3.25. The molecule has 1 fully saturated rings. The molecule has 1 aliphatic heterocycles. The number of nitrogens with zero attached hydrogens (tertiary/aromatic N) is 1. The zero-order chi connectivity index (χ0) is 13.0. The molecule has 4 nitrogen and oxygen atoms in total. The first-order valence-electron chi connectivity index (χ1n) is 6.52. The monoisotopic (exact) mass is 247 g/mol. The number of amides is 1. The second kappa shape index (κ2) is 5.87. The van der Waals surface area contributed by atoms with Crippen LogP contribution >= 0.6 is 0 Å². The molecule has 1 aromatic rings. The Hall–Kier alpha value is -1.55. The summed E-state index contributed by atoms with van der Waals surface area (Å²) in [6.45, 7) is 4.81. The van der Waals surface area contributed by atoms with Crippen LogP contribution in [0.25, 0.3) is 0 Å². The van der Waals surface area contributed by atoms with Gasteiger partial charge in [-0.25, -0.2) is 0 Å². The molecule has 1 saturated heterocycles.